The molecule has 2 unspecified atom stereocenters. The number of thioether (sulfide) groups is 1. The van der Waals surface area contributed by atoms with E-state index in [9.17, 15) is 4.79 Å². The molecule has 0 radical (unpaired) electrons. The smallest absolute Gasteiger partial charge is 0.322 e. The first-order valence-electron chi connectivity index (χ1n) is 5.03. The van der Waals surface area contributed by atoms with Crippen molar-refractivity contribution < 1.29 is 9.53 Å². The van der Waals surface area contributed by atoms with E-state index in [1.54, 1.807) is 0 Å². The second-order valence-corrected chi connectivity index (χ2v) is 4.69. The molecule has 0 rings (SSSR count). The highest BCUT2D eigenvalue weighted by atomic mass is 32.2. The van der Waals surface area contributed by atoms with Crippen molar-refractivity contribution >= 4 is 17.7 Å². The lowest BCUT2D eigenvalue weighted by atomic mass is 10.2. The van der Waals surface area contributed by atoms with Gasteiger partial charge in [-0.05, 0) is 31.8 Å². The van der Waals surface area contributed by atoms with Crippen LogP contribution in [0.5, 0.6) is 0 Å². The Morgan fingerprint density at radius 1 is 1.50 bits per heavy atom. The van der Waals surface area contributed by atoms with Crippen molar-refractivity contribution in [1.29, 1.82) is 0 Å². The summed E-state index contributed by atoms with van der Waals surface area (Å²) in [5, 5.41) is 3.20. The van der Waals surface area contributed by atoms with Crippen LogP contribution in [0.4, 0.5) is 0 Å². The quantitative estimate of drug-likeness (QED) is 0.522. The number of hydrogen-bond donors (Lipinski definition) is 1. The van der Waals surface area contributed by atoms with Crippen molar-refractivity contribution in [2.24, 2.45) is 0 Å². The minimum absolute atomic E-state index is 0.194. The molecule has 0 aliphatic carbocycles. The van der Waals surface area contributed by atoms with Crippen LogP contribution in [-0.2, 0) is 9.53 Å². The summed E-state index contributed by atoms with van der Waals surface area (Å²) in [6.45, 7) is 6.07. The topological polar surface area (TPSA) is 38.3 Å². The van der Waals surface area contributed by atoms with Gasteiger partial charge in [0, 0.05) is 6.04 Å². The molecule has 14 heavy (non-hydrogen) atoms. The highest BCUT2D eigenvalue weighted by Gasteiger charge is 2.14. The van der Waals surface area contributed by atoms with Crippen LogP contribution in [0.1, 0.15) is 27.2 Å². The van der Waals surface area contributed by atoms with Gasteiger partial charge >= 0.3 is 5.97 Å². The summed E-state index contributed by atoms with van der Waals surface area (Å²) < 4.78 is 4.63. The molecule has 0 saturated carbocycles. The maximum Gasteiger partial charge on any atom is 0.322 e. The lowest BCUT2D eigenvalue weighted by molar-refractivity contribution is -0.142. The van der Waals surface area contributed by atoms with E-state index in [-0.39, 0.29) is 12.0 Å². The zero-order chi connectivity index (χ0) is 11.0. The van der Waals surface area contributed by atoms with Crippen molar-refractivity contribution in [3.05, 3.63) is 0 Å². The Morgan fingerprint density at radius 3 is 2.64 bits per heavy atom. The van der Waals surface area contributed by atoms with E-state index < -0.39 is 0 Å². The van der Waals surface area contributed by atoms with Crippen LogP contribution in [-0.4, -0.2) is 36.7 Å². The third-order valence-corrected chi connectivity index (χ3v) is 2.92. The summed E-state index contributed by atoms with van der Waals surface area (Å²) in [6, 6.07) is 0.157. The van der Waals surface area contributed by atoms with Gasteiger partial charge in [0.1, 0.15) is 6.04 Å². The first-order chi connectivity index (χ1) is 6.61. The first kappa shape index (κ1) is 13.8. The maximum atomic E-state index is 11.1. The summed E-state index contributed by atoms with van der Waals surface area (Å²) in [5.41, 5.74) is 0. The van der Waals surface area contributed by atoms with Crippen molar-refractivity contribution in [2.45, 2.75) is 39.3 Å². The van der Waals surface area contributed by atoms with Gasteiger partial charge in [-0.3, -0.25) is 4.79 Å². The minimum Gasteiger partial charge on any atom is -0.468 e. The Balaban J connectivity index is 3.59. The lowest BCUT2D eigenvalue weighted by Gasteiger charge is -2.17. The number of methoxy groups -OCH3 is 1. The van der Waals surface area contributed by atoms with Gasteiger partial charge in [-0.1, -0.05) is 6.92 Å². The zero-order valence-electron chi connectivity index (χ0n) is 9.50. The fraction of sp³-hybridized carbons (Fsp3) is 0.900. The van der Waals surface area contributed by atoms with Crippen molar-refractivity contribution in [1.82, 2.24) is 5.32 Å². The molecule has 0 fully saturated rings. The fourth-order valence-electron chi connectivity index (χ4n) is 1.16. The second kappa shape index (κ2) is 8.12. The number of ether oxygens (including phenoxy) is 1. The molecule has 0 amide bonds. The van der Waals surface area contributed by atoms with Gasteiger partial charge in [0.05, 0.1) is 7.11 Å². The predicted octanol–water partition coefficient (Wildman–Crippen LogP) is 1.67. The molecular weight excluding hydrogens is 198 g/mol. The molecule has 84 valence electrons. The van der Waals surface area contributed by atoms with Gasteiger partial charge in [-0.2, -0.15) is 11.8 Å². The number of esters is 1. The Kier molecular flexibility index (Phi) is 7.99. The Bertz CT molecular complexity index is 164. The summed E-state index contributed by atoms with van der Waals surface area (Å²) in [5.74, 6) is 2.10. The normalized spacial score (nSPS) is 14.9. The predicted molar refractivity (Wildman–Crippen MR) is 61.7 cm³/mol. The SMILES string of the molecule is CCSCCC(C)NC(C)C(=O)OC. The summed E-state index contributed by atoms with van der Waals surface area (Å²) in [6.07, 6.45) is 1.08. The molecule has 3 nitrogen and oxygen atoms in total. The van der Waals surface area contributed by atoms with Gasteiger partial charge in [0.15, 0.2) is 0 Å². The van der Waals surface area contributed by atoms with Crippen LogP contribution in [0.2, 0.25) is 0 Å². The monoisotopic (exact) mass is 219 g/mol. The van der Waals surface area contributed by atoms with Crippen LogP contribution < -0.4 is 5.32 Å². The number of hydrogen-bond acceptors (Lipinski definition) is 4. The third-order valence-electron chi connectivity index (χ3n) is 1.99. The summed E-state index contributed by atoms with van der Waals surface area (Å²) >= 11 is 1.92. The fourth-order valence-corrected chi connectivity index (χ4v) is 1.97. The Morgan fingerprint density at radius 2 is 2.14 bits per heavy atom. The van der Waals surface area contributed by atoms with Gasteiger partial charge in [-0.25, -0.2) is 0 Å². The van der Waals surface area contributed by atoms with E-state index in [1.807, 2.05) is 18.7 Å². The van der Waals surface area contributed by atoms with E-state index >= 15 is 0 Å². The largest absolute Gasteiger partial charge is 0.468 e. The average molecular weight is 219 g/mol. The summed E-state index contributed by atoms with van der Waals surface area (Å²) in [7, 11) is 1.41. The standard InChI is InChI=1S/C10H21NO2S/c1-5-14-7-6-8(2)11-9(3)10(12)13-4/h8-9,11H,5-7H2,1-4H3. The molecule has 4 heteroatoms. The molecule has 0 saturated heterocycles. The highest BCUT2D eigenvalue weighted by Crippen LogP contribution is 2.04. The molecule has 2 atom stereocenters. The van der Waals surface area contributed by atoms with Crippen molar-refractivity contribution in [2.75, 3.05) is 18.6 Å². The molecule has 1 N–H and O–H groups in total. The lowest BCUT2D eigenvalue weighted by Crippen LogP contribution is -2.40. The van der Waals surface area contributed by atoms with Crippen LogP contribution in [0.3, 0.4) is 0 Å². The van der Waals surface area contributed by atoms with Crippen LogP contribution in [0.25, 0.3) is 0 Å². The Hall–Kier alpha value is -0.220. The van der Waals surface area contributed by atoms with E-state index in [1.165, 1.54) is 7.11 Å². The van der Waals surface area contributed by atoms with Crippen LogP contribution >= 0.6 is 11.8 Å². The number of carbonyl (C=O) groups excluding carboxylic acids is 1. The molecule has 0 aromatic carbocycles. The minimum atomic E-state index is -0.207. The molecule has 0 aliphatic heterocycles. The van der Waals surface area contributed by atoms with Crippen LogP contribution in [0, 0.1) is 0 Å². The van der Waals surface area contributed by atoms with Crippen molar-refractivity contribution in [3.63, 3.8) is 0 Å². The maximum absolute atomic E-state index is 11.1. The van der Waals surface area contributed by atoms with E-state index in [2.05, 4.69) is 23.9 Å². The molecule has 0 aliphatic rings. The highest BCUT2D eigenvalue weighted by molar-refractivity contribution is 7.99. The molecule has 0 aromatic heterocycles. The van der Waals surface area contributed by atoms with Crippen molar-refractivity contribution in [3.8, 4) is 0 Å². The van der Waals surface area contributed by atoms with Gasteiger partial charge < -0.3 is 10.1 Å². The van der Waals surface area contributed by atoms with E-state index in [0.29, 0.717) is 6.04 Å². The molecule has 0 aromatic rings. The Labute approximate surface area is 91.0 Å². The van der Waals surface area contributed by atoms with Gasteiger partial charge in [-0.15, -0.1) is 0 Å². The molecule has 0 heterocycles. The summed E-state index contributed by atoms with van der Waals surface area (Å²) in [4.78, 5) is 11.1. The van der Waals surface area contributed by atoms with Gasteiger partial charge in [0.25, 0.3) is 0 Å². The first-order valence-corrected chi connectivity index (χ1v) is 6.18. The van der Waals surface area contributed by atoms with Crippen LogP contribution in [0.15, 0.2) is 0 Å². The second-order valence-electron chi connectivity index (χ2n) is 3.30. The number of carbonyl (C=O) groups is 1. The average Bonchev–Trinajstić information content (AvgIpc) is 2.16. The molecular formula is C10H21NO2S. The molecule has 0 bridgehead atoms. The third kappa shape index (κ3) is 6.27. The van der Waals surface area contributed by atoms with Gasteiger partial charge in [0.2, 0.25) is 0 Å². The molecule has 0 spiro atoms. The number of rotatable bonds is 7. The number of nitrogens with one attached hydrogen (secondary N) is 1. The van der Waals surface area contributed by atoms with E-state index in [4.69, 9.17) is 0 Å². The zero-order valence-corrected chi connectivity index (χ0v) is 10.3. The van der Waals surface area contributed by atoms with E-state index in [0.717, 1.165) is 17.9 Å².